The first-order valence-electron chi connectivity index (χ1n) is 7.24. The van der Waals surface area contributed by atoms with Gasteiger partial charge in [-0.3, -0.25) is 0 Å². The van der Waals surface area contributed by atoms with Crippen LogP contribution in [0, 0.1) is 0 Å². The number of benzene rings is 2. The number of hydrogen-bond acceptors (Lipinski definition) is 3. The zero-order valence-electron chi connectivity index (χ0n) is 12.3. The Morgan fingerprint density at radius 2 is 1.50 bits per heavy atom. The van der Waals surface area contributed by atoms with Crippen molar-refractivity contribution >= 4 is 5.82 Å². The second kappa shape index (κ2) is 6.87. The van der Waals surface area contributed by atoms with Crippen LogP contribution in [-0.2, 0) is 18.0 Å². The minimum atomic E-state index is 0.453. The van der Waals surface area contributed by atoms with E-state index in [-0.39, 0.29) is 0 Å². The van der Waals surface area contributed by atoms with Crippen LogP contribution < -0.4 is 5.73 Å². The highest BCUT2D eigenvalue weighted by Gasteiger charge is 2.05. The Kier molecular flexibility index (Phi) is 4.47. The van der Waals surface area contributed by atoms with E-state index >= 15 is 0 Å². The number of nitrogens with two attached hydrogens (primary N) is 1. The molecule has 1 heterocycles. The summed E-state index contributed by atoms with van der Waals surface area (Å²) in [4.78, 5) is 4.28. The van der Waals surface area contributed by atoms with Crippen LogP contribution in [-0.4, -0.2) is 4.98 Å². The zero-order valence-corrected chi connectivity index (χ0v) is 12.3. The van der Waals surface area contributed by atoms with Gasteiger partial charge in [0.15, 0.2) is 0 Å². The van der Waals surface area contributed by atoms with Crippen molar-refractivity contribution in [1.29, 1.82) is 0 Å². The molecule has 0 amide bonds. The number of rotatable bonds is 5. The summed E-state index contributed by atoms with van der Waals surface area (Å²) in [5, 5.41) is 0. The lowest BCUT2D eigenvalue weighted by molar-refractivity contribution is 0.107. The lowest BCUT2D eigenvalue weighted by Gasteiger charge is -2.09. The number of anilines is 1. The monoisotopic (exact) mass is 290 g/mol. The first-order chi connectivity index (χ1) is 10.8. The summed E-state index contributed by atoms with van der Waals surface area (Å²) in [5.74, 6) is 0.521. The minimum Gasteiger partial charge on any atom is -0.383 e. The van der Waals surface area contributed by atoms with Crippen LogP contribution in [0.3, 0.4) is 0 Å². The summed E-state index contributed by atoms with van der Waals surface area (Å²) < 4.78 is 5.76. The standard InChI is InChI=1S/C19H18N2O/c20-19-18(14-22-13-15-7-3-1-4-8-15)11-17(12-21-19)16-9-5-2-6-10-16/h1-12H,13-14H2,(H2,20,21). The first-order valence-corrected chi connectivity index (χ1v) is 7.24. The van der Waals surface area contributed by atoms with E-state index in [4.69, 9.17) is 10.5 Å². The molecule has 0 spiro atoms. The van der Waals surface area contributed by atoms with Crippen LogP contribution in [0.1, 0.15) is 11.1 Å². The van der Waals surface area contributed by atoms with E-state index in [1.54, 1.807) is 6.20 Å². The van der Waals surface area contributed by atoms with Crippen LogP contribution >= 0.6 is 0 Å². The number of pyridine rings is 1. The Balaban J connectivity index is 1.71. The van der Waals surface area contributed by atoms with Crippen molar-refractivity contribution in [1.82, 2.24) is 4.98 Å². The molecule has 3 heteroatoms. The van der Waals surface area contributed by atoms with Crippen molar-refractivity contribution in [3.05, 3.63) is 84.1 Å². The van der Waals surface area contributed by atoms with Crippen LogP contribution in [0.2, 0.25) is 0 Å². The number of hydrogen-bond donors (Lipinski definition) is 1. The number of nitrogen functional groups attached to an aromatic ring is 1. The molecule has 0 aliphatic heterocycles. The molecule has 1 aromatic heterocycles. The van der Waals surface area contributed by atoms with Gasteiger partial charge in [0.2, 0.25) is 0 Å². The van der Waals surface area contributed by atoms with Gasteiger partial charge in [-0.25, -0.2) is 4.98 Å². The Bertz CT molecular complexity index is 727. The van der Waals surface area contributed by atoms with E-state index in [0.717, 1.165) is 22.3 Å². The van der Waals surface area contributed by atoms with Gasteiger partial charge in [0.1, 0.15) is 5.82 Å². The van der Waals surface area contributed by atoms with E-state index in [0.29, 0.717) is 19.0 Å². The predicted octanol–water partition coefficient (Wildman–Crippen LogP) is 4.05. The van der Waals surface area contributed by atoms with Gasteiger partial charge in [0, 0.05) is 17.3 Å². The molecule has 0 atom stereocenters. The second-order valence-corrected chi connectivity index (χ2v) is 5.11. The highest BCUT2D eigenvalue weighted by atomic mass is 16.5. The van der Waals surface area contributed by atoms with Crippen LogP contribution in [0.25, 0.3) is 11.1 Å². The molecule has 2 aromatic carbocycles. The average molecular weight is 290 g/mol. The number of nitrogens with zero attached hydrogens (tertiary/aromatic N) is 1. The summed E-state index contributed by atoms with van der Waals surface area (Å²) in [6, 6.07) is 22.3. The number of aromatic nitrogens is 1. The third-order valence-corrected chi connectivity index (χ3v) is 3.48. The summed E-state index contributed by atoms with van der Waals surface area (Å²) in [6.07, 6.45) is 1.80. The Morgan fingerprint density at radius 1 is 0.818 bits per heavy atom. The molecule has 3 aromatic rings. The molecule has 0 saturated heterocycles. The molecule has 0 fully saturated rings. The van der Waals surface area contributed by atoms with Crippen LogP contribution in [0.4, 0.5) is 5.82 Å². The maximum absolute atomic E-state index is 5.96. The average Bonchev–Trinajstić information content (AvgIpc) is 2.58. The van der Waals surface area contributed by atoms with Crippen molar-refractivity contribution in [2.75, 3.05) is 5.73 Å². The first kappa shape index (κ1) is 14.3. The Labute approximate surface area is 130 Å². The van der Waals surface area contributed by atoms with Gasteiger partial charge in [0.25, 0.3) is 0 Å². The van der Waals surface area contributed by atoms with Crippen molar-refractivity contribution in [2.45, 2.75) is 13.2 Å². The Hall–Kier alpha value is -2.65. The van der Waals surface area contributed by atoms with E-state index in [1.165, 1.54) is 0 Å². The zero-order chi connectivity index (χ0) is 15.2. The maximum atomic E-state index is 5.96. The Morgan fingerprint density at radius 3 is 2.23 bits per heavy atom. The fourth-order valence-electron chi connectivity index (χ4n) is 2.28. The molecule has 0 unspecified atom stereocenters. The molecule has 0 aliphatic carbocycles. The summed E-state index contributed by atoms with van der Waals surface area (Å²) in [5.41, 5.74) is 10.2. The fraction of sp³-hybridized carbons (Fsp3) is 0.105. The van der Waals surface area contributed by atoms with Gasteiger partial charge >= 0.3 is 0 Å². The summed E-state index contributed by atoms with van der Waals surface area (Å²) >= 11 is 0. The van der Waals surface area contributed by atoms with Gasteiger partial charge in [-0.1, -0.05) is 60.7 Å². The molecular formula is C19H18N2O. The molecule has 0 aliphatic rings. The highest BCUT2D eigenvalue weighted by Crippen LogP contribution is 2.22. The van der Waals surface area contributed by atoms with Crippen molar-refractivity contribution in [3.8, 4) is 11.1 Å². The van der Waals surface area contributed by atoms with Crippen molar-refractivity contribution in [2.24, 2.45) is 0 Å². The molecule has 0 radical (unpaired) electrons. The quantitative estimate of drug-likeness (QED) is 0.771. The summed E-state index contributed by atoms with van der Waals surface area (Å²) in [6.45, 7) is 1.02. The largest absolute Gasteiger partial charge is 0.383 e. The van der Waals surface area contributed by atoms with E-state index in [1.807, 2.05) is 54.6 Å². The SMILES string of the molecule is Nc1ncc(-c2ccccc2)cc1COCc1ccccc1. The normalized spacial score (nSPS) is 10.5. The summed E-state index contributed by atoms with van der Waals surface area (Å²) in [7, 11) is 0. The number of ether oxygens (including phenoxy) is 1. The van der Waals surface area contributed by atoms with E-state index in [9.17, 15) is 0 Å². The molecule has 3 nitrogen and oxygen atoms in total. The maximum Gasteiger partial charge on any atom is 0.128 e. The third-order valence-electron chi connectivity index (χ3n) is 3.48. The lowest BCUT2D eigenvalue weighted by Crippen LogP contribution is -2.01. The van der Waals surface area contributed by atoms with Crippen LogP contribution in [0.5, 0.6) is 0 Å². The second-order valence-electron chi connectivity index (χ2n) is 5.11. The van der Waals surface area contributed by atoms with Crippen LogP contribution in [0.15, 0.2) is 72.9 Å². The van der Waals surface area contributed by atoms with E-state index in [2.05, 4.69) is 17.1 Å². The molecular weight excluding hydrogens is 272 g/mol. The molecule has 3 rings (SSSR count). The molecule has 0 saturated carbocycles. The molecule has 110 valence electrons. The topological polar surface area (TPSA) is 48.1 Å². The van der Waals surface area contributed by atoms with Crippen molar-refractivity contribution < 1.29 is 4.74 Å². The van der Waals surface area contributed by atoms with Crippen molar-refractivity contribution in [3.63, 3.8) is 0 Å². The van der Waals surface area contributed by atoms with Gasteiger partial charge in [-0.2, -0.15) is 0 Å². The fourth-order valence-corrected chi connectivity index (χ4v) is 2.28. The molecule has 0 bridgehead atoms. The van der Waals surface area contributed by atoms with Gasteiger partial charge in [-0.05, 0) is 17.2 Å². The minimum absolute atomic E-state index is 0.453. The molecule has 2 N–H and O–H groups in total. The third kappa shape index (κ3) is 3.51. The van der Waals surface area contributed by atoms with Gasteiger partial charge in [0.05, 0.1) is 13.2 Å². The lowest BCUT2D eigenvalue weighted by atomic mass is 10.1. The van der Waals surface area contributed by atoms with Gasteiger partial charge in [-0.15, -0.1) is 0 Å². The van der Waals surface area contributed by atoms with Gasteiger partial charge < -0.3 is 10.5 Å². The van der Waals surface area contributed by atoms with E-state index < -0.39 is 0 Å². The molecule has 22 heavy (non-hydrogen) atoms. The highest BCUT2D eigenvalue weighted by molar-refractivity contribution is 5.65. The smallest absolute Gasteiger partial charge is 0.128 e. The predicted molar refractivity (Wildman–Crippen MR) is 89.0 cm³/mol.